The molecule has 0 atom stereocenters. The Morgan fingerprint density at radius 2 is 1.40 bits per heavy atom. The van der Waals surface area contributed by atoms with Crippen LogP contribution in [0.3, 0.4) is 0 Å². The van der Waals surface area contributed by atoms with Gasteiger partial charge in [0.15, 0.2) is 5.43 Å². The Labute approximate surface area is 115 Å². The lowest BCUT2D eigenvalue weighted by molar-refractivity contribution is 1.50. The molecule has 0 aliphatic heterocycles. The molecule has 20 heavy (non-hydrogen) atoms. The maximum Gasteiger partial charge on any atom is 0.195 e. The average molecular weight is 257 g/mol. The molecule has 0 amide bonds. The predicted octanol–water partition coefficient (Wildman–Crippen LogP) is 3.90. The largest absolute Gasteiger partial charge is 0.289 e. The molecule has 0 saturated heterocycles. The van der Waals surface area contributed by atoms with Crippen molar-refractivity contribution >= 4 is 32.6 Å². The van der Waals surface area contributed by atoms with Gasteiger partial charge in [0.25, 0.3) is 0 Å². The molecule has 1 aromatic heterocycles. The molecule has 0 saturated carbocycles. The first-order chi connectivity index (χ1) is 9.83. The number of aromatic nitrogens is 1. The highest BCUT2D eigenvalue weighted by Gasteiger charge is 2.04. The van der Waals surface area contributed by atoms with Crippen molar-refractivity contribution in [2.24, 2.45) is 0 Å². The molecule has 3 aromatic carbocycles. The van der Waals surface area contributed by atoms with E-state index in [9.17, 15) is 4.79 Å². The van der Waals surface area contributed by atoms with E-state index in [2.05, 4.69) is 4.98 Å². The zero-order valence-corrected chi connectivity index (χ0v) is 10.7. The van der Waals surface area contributed by atoms with Crippen LogP contribution in [0, 0.1) is 0 Å². The zero-order valence-electron chi connectivity index (χ0n) is 10.7. The van der Waals surface area contributed by atoms with E-state index in [0.29, 0.717) is 5.39 Å². The molecule has 2 nitrogen and oxygen atoms in total. The van der Waals surface area contributed by atoms with Crippen molar-refractivity contribution in [1.82, 2.24) is 4.98 Å². The topological polar surface area (TPSA) is 30.0 Å². The van der Waals surface area contributed by atoms with Crippen molar-refractivity contribution in [2.75, 3.05) is 0 Å². The van der Waals surface area contributed by atoms with Gasteiger partial charge in [0.05, 0.1) is 11.0 Å². The highest BCUT2D eigenvalue weighted by Crippen LogP contribution is 2.19. The number of benzene rings is 2. The Morgan fingerprint density at radius 3 is 2.30 bits per heavy atom. The van der Waals surface area contributed by atoms with Gasteiger partial charge in [-0.2, -0.15) is 0 Å². The molecule has 0 bridgehead atoms. The second-order valence-corrected chi connectivity index (χ2v) is 4.86. The SMILES string of the molecule is O=c1c2ccccc2ccc2nc3ccccc3cc12. The molecule has 4 rings (SSSR count). The number of para-hydroxylation sites is 1. The molecule has 0 aliphatic rings. The fourth-order valence-electron chi connectivity index (χ4n) is 2.60. The molecule has 0 unspecified atom stereocenters. The summed E-state index contributed by atoms with van der Waals surface area (Å²) in [6.45, 7) is 0. The van der Waals surface area contributed by atoms with Gasteiger partial charge in [-0.3, -0.25) is 4.79 Å². The third kappa shape index (κ3) is 1.58. The molecule has 0 aliphatic carbocycles. The fourth-order valence-corrected chi connectivity index (χ4v) is 2.60. The van der Waals surface area contributed by atoms with E-state index in [1.54, 1.807) is 0 Å². The van der Waals surface area contributed by atoms with Crippen molar-refractivity contribution in [1.29, 1.82) is 0 Å². The van der Waals surface area contributed by atoms with Crippen LogP contribution >= 0.6 is 0 Å². The van der Waals surface area contributed by atoms with Gasteiger partial charge in [-0.15, -0.1) is 0 Å². The Hall–Kier alpha value is -2.74. The maximum atomic E-state index is 12.7. The van der Waals surface area contributed by atoms with E-state index in [-0.39, 0.29) is 5.43 Å². The van der Waals surface area contributed by atoms with Crippen molar-refractivity contribution in [2.45, 2.75) is 0 Å². The monoisotopic (exact) mass is 257 g/mol. The van der Waals surface area contributed by atoms with Crippen molar-refractivity contribution in [3.63, 3.8) is 0 Å². The van der Waals surface area contributed by atoms with Gasteiger partial charge in [-0.1, -0.05) is 48.5 Å². The van der Waals surface area contributed by atoms with Crippen molar-refractivity contribution in [3.8, 4) is 0 Å². The minimum atomic E-state index is 0.0406. The van der Waals surface area contributed by atoms with E-state index in [1.165, 1.54) is 0 Å². The van der Waals surface area contributed by atoms with Gasteiger partial charge in [0.2, 0.25) is 0 Å². The second-order valence-electron chi connectivity index (χ2n) is 4.86. The number of hydrogen-bond acceptors (Lipinski definition) is 2. The molecule has 4 aromatic rings. The standard InChI is InChI=1S/C18H11NO/c20-18-14-7-3-1-5-12(14)9-10-17-15(18)11-13-6-2-4-8-16(13)19-17/h1-11H. The summed E-state index contributed by atoms with van der Waals surface area (Å²) in [5.74, 6) is 0. The van der Waals surface area contributed by atoms with Crippen LogP contribution in [-0.4, -0.2) is 4.98 Å². The van der Waals surface area contributed by atoms with E-state index in [0.717, 1.165) is 27.2 Å². The summed E-state index contributed by atoms with van der Waals surface area (Å²) in [6, 6.07) is 21.3. The summed E-state index contributed by atoms with van der Waals surface area (Å²) in [4.78, 5) is 17.3. The molecule has 2 heteroatoms. The van der Waals surface area contributed by atoms with Crippen LogP contribution in [0.5, 0.6) is 0 Å². The van der Waals surface area contributed by atoms with E-state index in [4.69, 9.17) is 0 Å². The molecule has 94 valence electrons. The first-order valence-electron chi connectivity index (χ1n) is 6.54. The number of rotatable bonds is 0. The minimum absolute atomic E-state index is 0.0406. The molecule has 0 spiro atoms. The Kier molecular flexibility index (Phi) is 2.30. The van der Waals surface area contributed by atoms with Gasteiger partial charge in [-0.25, -0.2) is 4.98 Å². The summed E-state index contributed by atoms with van der Waals surface area (Å²) in [5, 5.41) is 3.34. The number of hydrogen-bond donors (Lipinski definition) is 0. The molecular weight excluding hydrogens is 246 g/mol. The lowest BCUT2D eigenvalue weighted by Gasteiger charge is -1.97. The molecular formula is C18H11NO. The summed E-state index contributed by atoms with van der Waals surface area (Å²) in [5.41, 5.74) is 1.69. The fraction of sp³-hybridized carbons (Fsp3) is 0. The highest BCUT2D eigenvalue weighted by molar-refractivity contribution is 5.97. The Balaban J connectivity index is 2.31. The smallest absolute Gasteiger partial charge is 0.195 e. The summed E-state index contributed by atoms with van der Waals surface area (Å²) >= 11 is 0. The van der Waals surface area contributed by atoms with Gasteiger partial charge in [0, 0.05) is 16.2 Å². The molecule has 1 heterocycles. The highest BCUT2D eigenvalue weighted by atomic mass is 16.1. The summed E-state index contributed by atoms with van der Waals surface area (Å²) < 4.78 is 0. The lowest BCUT2D eigenvalue weighted by Crippen LogP contribution is -1.99. The summed E-state index contributed by atoms with van der Waals surface area (Å²) in [6.07, 6.45) is 0. The zero-order chi connectivity index (χ0) is 13.5. The number of nitrogens with zero attached hydrogens (tertiary/aromatic N) is 1. The van der Waals surface area contributed by atoms with Crippen LogP contribution in [0.4, 0.5) is 0 Å². The Bertz CT molecular complexity index is 1020. The van der Waals surface area contributed by atoms with Crippen LogP contribution < -0.4 is 5.43 Å². The van der Waals surface area contributed by atoms with E-state index in [1.807, 2.05) is 66.7 Å². The van der Waals surface area contributed by atoms with Crippen LogP contribution in [0.2, 0.25) is 0 Å². The van der Waals surface area contributed by atoms with Gasteiger partial charge in [0.1, 0.15) is 0 Å². The Morgan fingerprint density at radius 1 is 0.650 bits per heavy atom. The predicted molar refractivity (Wildman–Crippen MR) is 83.0 cm³/mol. The lowest BCUT2D eigenvalue weighted by atomic mass is 10.1. The quantitative estimate of drug-likeness (QED) is 0.478. The minimum Gasteiger partial charge on any atom is -0.289 e. The molecule has 0 N–H and O–H groups in total. The normalized spacial score (nSPS) is 11.2. The summed E-state index contributed by atoms with van der Waals surface area (Å²) in [7, 11) is 0. The molecule has 0 fully saturated rings. The molecule has 0 radical (unpaired) electrons. The van der Waals surface area contributed by atoms with Crippen LogP contribution in [0.25, 0.3) is 32.6 Å². The van der Waals surface area contributed by atoms with Crippen molar-refractivity contribution < 1.29 is 0 Å². The van der Waals surface area contributed by atoms with Crippen LogP contribution in [0.15, 0.2) is 71.5 Å². The van der Waals surface area contributed by atoms with Crippen LogP contribution in [-0.2, 0) is 0 Å². The van der Waals surface area contributed by atoms with Crippen molar-refractivity contribution in [3.05, 3.63) is 77.0 Å². The third-order valence-electron chi connectivity index (χ3n) is 3.62. The first-order valence-corrected chi connectivity index (χ1v) is 6.54. The maximum absolute atomic E-state index is 12.7. The average Bonchev–Trinajstić information content (AvgIpc) is 2.64. The van der Waals surface area contributed by atoms with Gasteiger partial charge >= 0.3 is 0 Å². The van der Waals surface area contributed by atoms with E-state index >= 15 is 0 Å². The van der Waals surface area contributed by atoms with E-state index < -0.39 is 0 Å². The van der Waals surface area contributed by atoms with Crippen LogP contribution in [0.1, 0.15) is 0 Å². The van der Waals surface area contributed by atoms with Gasteiger partial charge < -0.3 is 0 Å². The second kappa shape index (κ2) is 4.14. The van der Waals surface area contributed by atoms with Gasteiger partial charge in [-0.05, 0) is 23.6 Å². The number of pyridine rings is 1. The first kappa shape index (κ1) is 11.1. The number of fused-ring (bicyclic) bond motifs is 3. The third-order valence-corrected chi connectivity index (χ3v) is 3.62.